The topological polar surface area (TPSA) is 70.3 Å². The highest BCUT2D eigenvalue weighted by atomic mass is 35.5. The van der Waals surface area contributed by atoms with Crippen molar-refractivity contribution in [2.24, 2.45) is 7.05 Å². The number of aryl methyl sites for hydroxylation is 3. The number of ether oxygens (including phenoxy) is 1. The maximum Gasteiger partial charge on any atom is 0.269 e. The summed E-state index contributed by atoms with van der Waals surface area (Å²) in [4.78, 5) is 39.9. The van der Waals surface area contributed by atoms with E-state index in [0.717, 1.165) is 16.9 Å². The van der Waals surface area contributed by atoms with Crippen molar-refractivity contribution in [2.75, 3.05) is 0 Å². The van der Waals surface area contributed by atoms with Crippen LogP contribution < -0.4 is 25.1 Å². The van der Waals surface area contributed by atoms with Gasteiger partial charge in [-0.2, -0.15) is 0 Å². The summed E-state index contributed by atoms with van der Waals surface area (Å²) in [5.41, 5.74) is 2.12. The Hall–Kier alpha value is -4.53. The van der Waals surface area contributed by atoms with Crippen LogP contribution in [-0.4, -0.2) is 14.9 Å². The van der Waals surface area contributed by atoms with Crippen LogP contribution >= 0.6 is 22.9 Å². The summed E-state index contributed by atoms with van der Waals surface area (Å²) >= 11 is 7.39. The minimum atomic E-state index is -0.367. The van der Waals surface area contributed by atoms with E-state index in [2.05, 4.69) is 0 Å². The monoisotopic (exact) mass is 600 g/mol. The molecule has 0 saturated carbocycles. The summed E-state index contributed by atoms with van der Waals surface area (Å²) in [7, 11) is 1.64. The number of pyridine rings is 1. The number of carbonyl (C=O) groups is 1. The van der Waals surface area contributed by atoms with Crippen molar-refractivity contribution in [1.29, 1.82) is 0 Å². The van der Waals surface area contributed by atoms with Gasteiger partial charge in [-0.05, 0) is 67.4 Å². The van der Waals surface area contributed by atoms with Crippen molar-refractivity contribution < 1.29 is 13.9 Å². The van der Waals surface area contributed by atoms with E-state index in [9.17, 15) is 18.8 Å². The molecule has 2 heterocycles. The number of carbonyl (C=O) groups excluding carboxylic acids is 1. The molecule has 0 aliphatic carbocycles. The van der Waals surface area contributed by atoms with Crippen LogP contribution in [0.25, 0.3) is 12.2 Å². The molecule has 5 aromatic rings. The number of aromatic nitrogens is 2. The molecule has 9 heteroatoms. The van der Waals surface area contributed by atoms with E-state index >= 15 is 0 Å². The summed E-state index contributed by atoms with van der Waals surface area (Å²) in [5, 5.41) is 0.419. The van der Waals surface area contributed by atoms with E-state index < -0.39 is 0 Å². The largest absolute Gasteiger partial charge is 0.457 e. The number of benzene rings is 3. The zero-order valence-corrected chi connectivity index (χ0v) is 24.6. The average molecular weight is 601 g/mol. The molecule has 42 heavy (non-hydrogen) atoms. The number of rotatable bonds is 7. The number of thiazole rings is 1. The van der Waals surface area contributed by atoms with Gasteiger partial charge < -0.3 is 9.30 Å². The molecule has 0 fully saturated rings. The molecular formula is C33H26ClFN2O4S. The molecule has 3 aromatic carbocycles. The summed E-state index contributed by atoms with van der Waals surface area (Å²) in [6, 6.07) is 20.0. The van der Waals surface area contributed by atoms with Gasteiger partial charge in [-0.1, -0.05) is 41.9 Å². The number of nitrogens with zero attached hydrogens (tertiary/aromatic N) is 2. The molecule has 0 amide bonds. The third kappa shape index (κ3) is 6.20. The molecule has 0 spiro atoms. The van der Waals surface area contributed by atoms with E-state index in [0.29, 0.717) is 48.0 Å². The summed E-state index contributed by atoms with van der Waals surface area (Å²) in [6.45, 7) is 3.47. The molecule has 0 aliphatic heterocycles. The van der Waals surface area contributed by atoms with Crippen molar-refractivity contribution in [3.63, 3.8) is 0 Å². The number of hydrogen-bond donors (Lipinski definition) is 0. The van der Waals surface area contributed by atoms with E-state index in [1.165, 1.54) is 27.3 Å². The maximum atomic E-state index is 13.8. The second-order valence-electron chi connectivity index (χ2n) is 9.81. The van der Waals surface area contributed by atoms with Gasteiger partial charge in [0.1, 0.15) is 22.0 Å². The third-order valence-electron chi connectivity index (χ3n) is 6.75. The van der Waals surface area contributed by atoms with Crippen molar-refractivity contribution >= 4 is 40.9 Å². The first-order chi connectivity index (χ1) is 20.1. The first-order valence-electron chi connectivity index (χ1n) is 13.0. The highest BCUT2D eigenvalue weighted by Gasteiger charge is 2.13. The Morgan fingerprint density at radius 2 is 1.76 bits per heavy atom. The van der Waals surface area contributed by atoms with Gasteiger partial charge in [0.05, 0.1) is 11.1 Å². The molecule has 2 aromatic heterocycles. The van der Waals surface area contributed by atoms with Crippen LogP contribution in [-0.2, 0) is 13.6 Å². The highest BCUT2D eigenvalue weighted by Crippen LogP contribution is 2.30. The van der Waals surface area contributed by atoms with E-state index in [-0.39, 0.29) is 29.3 Å². The first-order valence-corrected chi connectivity index (χ1v) is 14.2. The quantitative estimate of drug-likeness (QED) is 0.236. The molecule has 0 unspecified atom stereocenters. The lowest BCUT2D eigenvalue weighted by Crippen LogP contribution is -2.34. The molecule has 0 saturated heterocycles. The van der Waals surface area contributed by atoms with Gasteiger partial charge in [-0.3, -0.25) is 19.0 Å². The molecule has 6 nitrogen and oxygen atoms in total. The van der Waals surface area contributed by atoms with Gasteiger partial charge in [0.2, 0.25) is 0 Å². The van der Waals surface area contributed by atoms with Crippen molar-refractivity contribution in [3.8, 4) is 11.5 Å². The smallest absolute Gasteiger partial charge is 0.269 e. The Balaban J connectivity index is 1.67. The lowest BCUT2D eigenvalue weighted by atomic mass is 10.1. The highest BCUT2D eigenvalue weighted by molar-refractivity contribution is 7.07. The normalized spacial score (nSPS) is 12.1. The summed E-state index contributed by atoms with van der Waals surface area (Å²) < 4.78 is 23.5. The second kappa shape index (κ2) is 12.1. The van der Waals surface area contributed by atoms with Crippen molar-refractivity contribution in [1.82, 2.24) is 9.13 Å². The van der Waals surface area contributed by atoms with Gasteiger partial charge in [-0.15, -0.1) is 11.3 Å². The van der Waals surface area contributed by atoms with Gasteiger partial charge in [0.15, 0.2) is 5.78 Å². The Morgan fingerprint density at radius 3 is 2.52 bits per heavy atom. The fourth-order valence-corrected chi connectivity index (χ4v) is 5.64. The molecule has 0 atom stereocenters. The van der Waals surface area contributed by atoms with E-state index in [4.69, 9.17) is 16.3 Å². The average Bonchev–Trinajstić information content (AvgIpc) is 3.23. The minimum Gasteiger partial charge on any atom is -0.457 e. The number of halogens is 2. The Morgan fingerprint density at radius 1 is 0.976 bits per heavy atom. The molecule has 212 valence electrons. The van der Waals surface area contributed by atoms with Crippen LogP contribution in [0.1, 0.15) is 32.6 Å². The van der Waals surface area contributed by atoms with Crippen LogP contribution in [0, 0.1) is 19.7 Å². The predicted molar refractivity (Wildman–Crippen MR) is 165 cm³/mol. The van der Waals surface area contributed by atoms with Crippen LogP contribution in [0.3, 0.4) is 0 Å². The lowest BCUT2D eigenvalue weighted by Gasteiger charge is -2.10. The maximum absolute atomic E-state index is 13.8. The third-order valence-corrected chi connectivity index (χ3v) is 8.05. The molecule has 5 rings (SSSR count). The SMILES string of the molecule is Cc1cc(Oc2cc(Cl)ccc2/C=c2/s/c(=C\C(=O)c3ccccc3C)n(Cc3cccn(C)c3=O)c2=O)ccc1F. The van der Waals surface area contributed by atoms with Crippen molar-refractivity contribution in [2.45, 2.75) is 20.4 Å². The summed E-state index contributed by atoms with van der Waals surface area (Å²) in [5.74, 6) is 0.174. The Kier molecular flexibility index (Phi) is 8.38. The fraction of sp³-hybridized carbons (Fsp3) is 0.121. The van der Waals surface area contributed by atoms with Crippen LogP contribution in [0.15, 0.2) is 88.6 Å². The first kappa shape index (κ1) is 29.0. The van der Waals surface area contributed by atoms with Crippen LogP contribution in [0.5, 0.6) is 11.5 Å². The predicted octanol–water partition coefficient (Wildman–Crippen LogP) is 5.35. The summed E-state index contributed by atoms with van der Waals surface area (Å²) in [6.07, 6.45) is 4.73. The number of hydrogen-bond acceptors (Lipinski definition) is 5. The van der Waals surface area contributed by atoms with Gasteiger partial charge >= 0.3 is 0 Å². The van der Waals surface area contributed by atoms with E-state index in [1.54, 1.807) is 74.8 Å². The van der Waals surface area contributed by atoms with Crippen molar-refractivity contribution in [3.05, 3.63) is 148 Å². The minimum absolute atomic E-state index is 0.0115. The second-order valence-corrected chi connectivity index (χ2v) is 11.3. The van der Waals surface area contributed by atoms with Gasteiger partial charge in [0.25, 0.3) is 11.1 Å². The zero-order valence-electron chi connectivity index (χ0n) is 23.1. The molecule has 0 bridgehead atoms. The van der Waals surface area contributed by atoms with Gasteiger partial charge in [0, 0.05) is 47.1 Å². The fourth-order valence-electron chi connectivity index (χ4n) is 4.44. The van der Waals surface area contributed by atoms with E-state index in [1.807, 2.05) is 19.1 Å². The number of ketones is 1. The molecule has 0 aliphatic rings. The molecule has 0 N–H and O–H groups in total. The van der Waals surface area contributed by atoms with Crippen LogP contribution in [0.4, 0.5) is 4.39 Å². The van der Waals surface area contributed by atoms with Crippen LogP contribution in [0.2, 0.25) is 5.02 Å². The Bertz CT molecular complexity index is 2080. The zero-order chi connectivity index (χ0) is 30.0. The Labute approximate surface area is 249 Å². The number of Topliss-reactive ketones (excluding diaryl/α,β-unsaturated/α-hetero) is 1. The standard InChI is InChI=1S/C33H26ClFN2O4S/c1-20-7-4-5-9-26(20)28(38)18-31-37(19-23-8-6-14-36(3)32(23)39)33(40)30(42-31)16-22-10-11-24(34)17-29(22)41-25-12-13-27(35)21(2)15-25/h4-18H,19H2,1-3H3/b30-16+,31-18-. The lowest BCUT2D eigenvalue weighted by molar-refractivity contribution is 0.106. The molecular weight excluding hydrogens is 575 g/mol. The van der Waals surface area contributed by atoms with Gasteiger partial charge in [-0.25, -0.2) is 4.39 Å². The molecule has 0 radical (unpaired) electrons.